The minimum absolute atomic E-state index is 0.111. The molecule has 3 atom stereocenters. The van der Waals surface area contributed by atoms with Crippen molar-refractivity contribution in [1.82, 2.24) is 15.5 Å². The third kappa shape index (κ3) is 7.20. The number of hydrogen-bond acceptors (Lipinski definition) is 6. The summed E-state index contributed by atoms with van der Waals surface area (Å²) < 4.78 is 10.2. The first kappa shape index (κ1) is 26.2. The van der Waals surface area contributed by atoms with Crippen molar-refractivity contribution < 1.29 is 28.7 Å². The summed E-state index contributed by atoms with van der Waals surface area (Å²) in [5, 5.41) is 5.54. The van der Waals surface area contributed by atoms with Gasteiger partial charge in [0, 0.05) is 24.6 Å². The predicted octanol–water partition coefficient (Wildman–Crippen LogP) is 2.50. The Bertz CT molecular complexity index is 872. The Morgan fingerprint density at radius 2 is 1.64 bits per heavy atom. The molecular weight excluding hydrogens is 426 g/mol. The van der Waals surface area contributed by atoms with Crippen molar-refractivity contribution in [1.29, 1.82) is 0 Å². The van der Waals surface area contributed by atoms with Gasteiger partial charge in [-0.25, -0.2) is 9.59 Å². The van der Waals surface area contributed by atoms with Gasteiger partial charge in [-0.15, -0.1) is 0 Å². The smallest absolute Gasteiger partial charge is 0.408 e. The van der Waals surface area contributed by atoms with Gasteiger partial charge in [-0.2, -0.15) is 0 Å². The predicted molar refractivity (Wildman–Crippen MR) is 122 cm³/mol. The van der Waals surface area contributed by atoms with Crippen LogP contribution in [0, 0.1) is 5.41 Å². The molecule has 0 radical (unpaired) electrons. The van der Waals surface area contributed by atoms with Crippen LogP contribution in [-0.2, 0) is 19.1 Å². The van der Waals surface area contributed by atoms with E-state index in [2.05, 4.69) is 10.6 Å². The van der Waals surface area contributed by atoms with E-state index in [1.54, 1.807) is 45.0 Å². The molecule has 9 nitrogen and oxygen atoms in total. The summed E-state index contributed by atoms with van der Waals surface area (Å²) in [5.41, 5.74) is -0.916. The fraction of sp³-hybridized carbons (Fsp3) is 0.583. The molecule has 0 bridgehead atoms. The molecule has 1 aliphatic rings. The minimum Gasteiger partial charge on any atom is -0.467 e. The summed E-state index contributed by atoms with van der Waals surface area (Å²) in [6.45, 7) is 10.7. The van der Waals surface area contributed by atoms with Crippen LogP contribution >= 0.6 is 0 Å². The van der Waals surface area contributed by atoms with Crippen LogP contribution < -0.4 is 10.6 Å². The first-order valence-corrected chi connectivity index (χ1v) is 11.0. The van der Waals surface area contributed by atoms with Crippen LogP contribution in [0.4, 0.5) is 4.79 Å². The molecule has 0 aromatic heterocycles. The Morgan fingerprint density at radius 3 is 2.15 bits per heavy atom. The van der Waals surface area contributed by atoms with Gasteiger partial charge in [0.2, 0.25) is 5.91 Å². The third-order valence-corrected chi connectivity index (χ3v) is 5.20. The van der Waals surface area contributed by atoms with Crippen molar-refractivity contribution in [3.63, 3.8) is 0 Å². The van der Waals surface area contributed by atoms with Crippen molar-refractivity contribution in [2.24, 2.45) is 5.41 Å². The maximum absolute atomic E-state index is 13.6. The lowest BCUT2D eigenvalue weighted by Crippen LogP contribution is -2.57. The van der Waals surface area contributed by atoms with E-state index in [0.717, 1.165) is 0 Å². The molecule has 0 spiro atoms. The highest BCUT2D eigenvalue weighted by molar-refractivity contribution is 5.95. The largest absolute Gasteiger partial charge is 0.467 e. The average Bonchev–Trinajstić information content (AvgIpc) is 3.13. The molecule has 1 aromatic carbocycles. The fourth-order valence-electron chi connectivity index (χ4n) is 3.64. The Morgan fingerprint density at radius 1 is 1.03 bits per heavy atom. The van der Waals surface area contributed by atoms with Crippen LogP contribution in [0.1, 0.15) is 58.3 Å². The summed E-state index contributed by atoms with van der Waals surface area (Å²) in [4.78, 5) is 52.4. The maximum Gasteiger partial charge on any atom is 0.408 e. The highest BCUT2D eigenvalue weighted by Gasteiger charge is 2.46. The van der Waals surface area contributed by atoms with Crippen LogP contribution in [0.25, 0.3) is 0 Å². The summed E-state index contributed by atoms with van der Waals surface area (Å²) in [6.07, 6.45) is -0.515. The van der Waals surface area contributed by atoms with E-state index in [4.69, 9.17) is 9.47 Å². The Kier molecular flexibility index (Phi) is 8.11. The van der Waals surface area contributed by atoms with Crippen molar-refractivity contribution >= 4 is 23.9 Å². The van der Waals surface area contributed by atoms with Gasteiger partial charge in [0.05, 0.1) is 7.11 Å². The average molecular weight is 462 g/mol. The first-order chi connectivity index (χ1) is 15.2. The summed E-state index contributed by atoms with van der Waals surface area (Å²) in [6, 6.07) is 6.41. The number of nitrogens with zero attached hydrogens (tertiary/aromatic N) is 1. The van der Waals surface area contributed by atoms with Crippen molar-refractivity contribution in [2.75, 3.05) is 13.7 Å². The highest BCUT2D eigenvalue weighted by atomic mass is 16.6. The van der Waals surface area contributed by atoms with Crippen LogP contribution in [0.15, 0.2) is 30.3 Å². The topological polar surface area (TPSA) is 114 Å². The Labute approximate surface area is 195 Å². The third-order valence-electron chi connectivity index (χ3n) is 5.20. The molecule has 1 aliphatic heterocycles. The Hall–Kier alpha value is -3.10. The van der Waals surface area contributed by atoms with E-state index in [0.29, 0.717) is 5.56 Å². The van der Waals surface area contributed by atoms with Crippen LogP contribution in [0.5, 0.6) is 0 Å². The molecule has 1 heterocycles. The van der Waals surface area contributed by atoms with Gasteiger partial charge < -0.3 is 25.0 Å². The second-order valence-electron chi connectivity index (χ2n) is 10.2. The normalized spacial score (nSPS) is 19.4. The number of methoxy groups -OCH3 is 1. The standard InChI is InChI=1S/C24H35N3O6/c1-23(2,3)18(26-22(31)33-24(4,5)6)20(29)27-14-16(13-17(27)21(30)32-7)25-19(28)15-11-9-8-10-12-15/h8-12,16-18H,13-14H2,1-7H3,(H,25,28)(H,26,31). The van der Waals surface area contributed by atoms with Crippen LogP contribution in [0.3, 0.4) is 0 Å². The minimum atomic E-state index is -0.955. The number of esters is 1. The number of benzene rings is 1. The van der Waals surface area contributed by atoms with Crippen molar-refractivity contribution in [3.8, 4) is 0 Å². The van der Waals surface area contributed by atoms with E-state index >= 15 is 0 Å². The van der Waals surface area contributed by atoms with E-state index in [1.807, 2.05) is 26.8 Å². The summed E-state index contributed by atoms with van der Waals surface area (Å²) >= 11 is 0. The molecule has 2 N–H and O–H groups in total. The van der Waals surface area contributed by atoms with Crippen LogP contribution in [-0.4, -0.2) is 66.2 Å². The number of hydrogen-bond donors (Lipinski definition) is 2. The molecule has 3 amide bonds. The molecule has 1 saturated heterocycles. The molecule has 3 unspecified atom stereocenters. The summed E-state index contributed by atoms with van der Waals surface area (Å²) in [5.74, 6) is -1.32. The van der Waals surface area contributed by atoms with E-state index in [9.17, 15) is 19.2 Å². The molecular formula is C24H35N3O6. The lowest BCUT2D eigenvalue weighted by molar-refractivity contribution is -0.152. The lowest BCUT2D eigenvalue weighted by Gasteiger charge is -2.35. The molecule has 182 valence electrons. The number of carbonyl (C=O) groups is 4. The van der Waals surface area contributed by atoms with Gasteiger partial charge in [0.1, 0.15) is 17.7 Å². The van der Waals surface area contributed by atoms with Crippen LogP contribution in [0.2, 0.25) is 0 Å². The van der Waals surface area contributed by atoms with Gasteiger partial charge in [-0.05, 0) is 38.3 Å². The first-order valence-electron chi connectivity index (χ1n) is 11.0. The fourth-order valence-corrected chi connectivity index (χ4v) is 3.64. The number of ether oxygens (including phenoxy) is 2. The van der Waals surface area contributed by atoms with Gasteiger partial charge in [-0.3, -0.25) is 9.59 Å². The van der Waals surface area contributed by atoms with Crippen molar-refractivity contribution in [3.05, 3.63) is 35.9 Å². The van der Waals surface area contributed by atoms with E-state index in [-0.39, 0.29) is 18.9 Å². The van der Waals surface area contributed by atoms with Gasteiger partial charge in [0.15, 0.2) is 0 Å². The molecule has 0 saturated carbocycles. The number of amides is 3. The zero-order chi connectivity index (χ0) is 25.0. The SMILES string of the molecule is COC(=O)C1CC(NC(=O)c2ccccc2)CN1C(=O)C(NC(=O)OC(C)(C)C)C(C)(C)C. The second-order valence-corrected chi connectivity index (χ2v) is 10.2. The quantitative estimate of drug-likeness (QED) is 0.652. The molecule has 9 heteroatoms. The summed E-state index contributed by atoms with van der Waals surface area (Å²) in [7, 11) is 1.25. The molecule has 0 aliphatic carbocycles. The number of rotatable bonds is 5. The van der Waals surface area contributed by atoms with E-state index in [1.165, 1.54) is 12.0 Å². The number of alkyl carbamates (subject to hydrolysis) is 1. The highest BCUT2D eigenvalue weighted by Crippen LogP contribution is 2.27. The number of likely N-dealkylation sites (tertiary alicyclic amines) is 1. The second kappa shape index (κ2) is 10.2. The molecule has 33 heavy (non-hydrogen) atoms. The monoisotopic (exact) mass is 461 g/mol. The van der Waals surface area contributed by atoms with Gasteiger partial charge in [0.25, 0.3) is 5.91 Å². The number of nitrogens with one attached hydrogen (secondary N) is 2. The van der Waals surface area contributed by atoms with Gasteiger partial charge >= 0.3 is 12.1 Å². The maximum atomic E-state index is 13.6. The zero-order valence-corrected chi connectivity index (χ0v) is 20.4. The Balaban J connectivity index is 2.22. The van der Waals surface area contributed by atoms with E-state index < -0.39 is 47.1 Å². The zero-order valence-electron chi connectivity index (χ0n) is 20.4. The lowest BCUT2D eigenvalue weighted by atomic mass is 9.85. The molecule has 1 fully saturated rings. The molecule has 2 rings (SSSR count). The number of carbonyl (C=O) groups excluding carboxylic acids is 4. The van der Waals surface area contributed by atoms with Crippen molar-refractivity contribution in [2.45, 2.75) is 71.7 Å². The van der Waals surface area contributed by atoms with Gasteiger partial charge in [-0.1, -0.05) is 39.0 Å². The molecule has 1 aromatic rings.